The Bertz CT molecular complexity index is 468. The van der Waals surface area contributed by atoms with Crippen molar-refractivity contribution in [1.29, 1.82) is 0 Å². The first-order valence-corrected chi connectivity index (χ1v) is 7.62. The smallest absolute Gasteiger partial charge is 0.243 e. The molecule has 0 aliphatic carbocycles. The van der Waals surface area contributed by atoms with Crippen LogP contribution in [0, 0.1) is 5.92 Å². The van der Waals surface area contributed by atoms with Crippen molar-refractivity contribution < 1.29 is 9.32 Å². The van der Waals surface area contributed by atoms with E-state index in [1.54, 1.807) is 0 Å². The minimum Gasteiger partial charge on any atom is -0.340 e. The number of aromatic nitrogens is 2. The van der Waals surface area contributed by atoms with Crippen LogP contribution in [0.15, 0.2) is 4.52 Å². The highest BCUT2D eigenvalue weighted by molar-refractivity contribution is 5.78. The number of carbonyl (C=O) groups excluding carboxylic acids is 1. The first-order chi connectivity index (χ1) is 10.1. The summed E-state index contributed by atoms with van der Waals surface area (Å²) >= 11 is 0. The molecule has 2 rings (SSSR count). The number of carbonyl (C=O) groups is 1. The second-order valence-corrected chi connectivity index (χ2v) is 5.58. The molecule has 1 amide bonds. The summed E-state index contributed by atoms with van der Waals surface area (Å²) in [7, 11) is 0. The Hall–Kier alpha value is -1.47. The number of nitrogens with two attached hydrogens (primary N) is 1. The number of aryl methyl sites for hydroxylation is 1. The van der Waals surface area contributed by atoms with Gasteiger partial charge >= 0.3 is 0 Å². The topological polar surface area (TPSA) is 88.5 Å². The fraction of sp³-hybridized carbons (Fsp3) is 0.786. The van der Waals surface area contributed by atoms with Gasteiger partial charge in [-0.1, -0.05) is 19.0 Å². The van der Waals surface area contributed by atoms with Crippen LogP contribution in [-0.2, 0) is 11.2 Å². The van der Waals surface area contributed by atoms with E-state index in [4.69, 9.17) is 10.3 Å². The highest BCUT2D eigenvalue weighted by Crippen LogP contribution is 2.20. The quantitative estimate of drug-likeness (QED) is 0.847. The average molecular weight is 295 g/mol. The molecular weight excluding hydrogens is 270 g/mol. The summed E-state index contributed by atoms with van der Waals surface area (Å²) in [4.78, 5) is 20.6. The van der Waals surface area contributed by atoms with Crippen molar-refractivity contribution in [2.24, 2.45) is 11.7 Å². The summed E-state index contributed by atoms with van der Waals surface area (Å²) in [6.07, 6.45) is 0.773. The summed E-state index contributed by atoms with van der Waals surface area (Å²) in [5.74, 6) is 1.44. The molecule has 7 heteroatoms. The van der Waals surface area contributed by atoms with Gasteiger partial charge in [0.05, 0.1) is 6.04 Å². The summed E-state index contributed by atoms with van der Waals surface area (Å²) in [6.45, 7) is 9.42. The fourth-order valence-electron chi connectivity index (χ4n) is 2.48. The number of amides is 1. The molecular formula is C14H25N5O2. The minimum atomic E-state index is -0.1000. The van der Waals surface area contributed by atoms with Crippen molar-refractivity contribution in [3.05, 3.63) is 11.7 Å². The monoisotopic (exact) mass is 295 g/mol. The number of rotatable bonds is 5. The predicted molar refractivity (Wildman–Crippen MR) is 78.5 cm³/mol. The second kappa shape index (κ2) is 7.00. The third-order valence-corrected chi connectivity index (χ3v) is 4.11. The molecule has 1 aliphatic rings. The van der Waals surface area contributed by atoms with Gasteiger partial charge in [0.2, 0.25) is 11.8 Å². The van der Waals surface area contributed by atoms with E-state index in [9.17, 15) is 4.79 Å². The Morgan fingerprint density at radius 1 is 1.33 bits per heavy atom. The van der Waals surface area contributed by atoms with E-state index in [1.807, 2.05) is 18.7 Å². The molecule has 1 fully saturated rings. The highest BCUT2D eigenvalue weighted by Gasteiger charge is 2.28. The van der Waals surface area contributed by atoms with Gasteiger partial charge in [-0.15, -0.1) is 0 Å². The third kappa shape index (κ3) is 3.59. The summed E-state index contributed by atoms with van der Waals surface area (Å²) < 4.78 is 5.30. The molecule has 2 heterocycles. The van der Waals surface area contributed by atoms with Gasteiger partial charge in [-0.25, -0.2) is 0 Å². The van der Waals surface area contributed by atoms with E-state index >= 15 is 0 Å². The normalized spacial score (nSPS) is 19.5. The van der Waals surface area contributed by atoms with Crippen molar-refractivity contribution in [3.8, 4) is 0 Å². The van der Waals surface area contributed by atoms with Crippen molar-refractivity contribution in [1.82, 2.24) is 19.9 Å². The van der Waals surface area contributed by atoms with Crippen LogP contribution < -0.4 is 5.73 Å². The van der Waals surface area contributed by atoms with Crippen molar-refractivity contribution in [2.75, 3.05) is 32.7 Å². The van der Waals surface area contributed by atoms with Gasteiger partial charge in [0.1, 0.15) is 0 Å². The number of hydrogen-bond acceptors (Lipinski definition) is 6. The van der Waals surface area contributed by atoms with E-state index in [2.05, 4.69) is 22.0 Å². The average Bonchev–Trinajstić information content (AvgIpc) is 3.02. The Labute approximate surface area is 125 Å². The SMILES string of the molecule is CCc1noc(C(C)N2CCN(C(=O)C(C)CN)CC2)n1. The molecule has 2 N–H and O–H groups in total. The lowest BCUT2D eigenvalue weighted by Crippen LogP contribution is -2.51. The van der Waals surface area contributed by atoms with Crippen LogP contribution in [0.3, 0.4) is 0 Å². The predicted octanol–water partition coefficient (Wildman–Crippen LogP) is 0.432. The van der Waals surface area contributed by atoms with Crippen molar-refractivity contribution in [3.63, 3.8) is 0 Å². The Morgan fingerprint density at radius 3 is 2.52 bits per heavy atom. The highest BCUT2D eigenvalue weighted by atomic mass is 16.5. The summed E-state index contributed by atoms with van der Waals surface area (Å²) in [6, 6.07) is 0.0852. The maximum atomic E-state index is 12.1. The molecule has 21 heavy (non-hydrogen) atoms. The van der Waals surface area contributed by atoms with Gasteiger partial charge in [-0.05, 0) is 6.92 Å². The number of hydrogen-bond donors (Lipinski definition) is 1. The van der Waals surface area contributed by atoms with E-state index < -0.39 is 0 Å². The Kier molecular flexibility index (Phi) is 5.30. The zero-order valence-corrected chi connectivity index (χ0v) is 13.1. The van der Waals surface area contributed by atoms with E-state index in [0.29, 0.717) is 12.4 Å². The molecule has 0 radical (unpaired) electrons. The van der Waals surface area contributed by atoms with Gasteiger partial charge < -0.3 is 15.2 Å². The molecule has 0 aromatic carbocycles. The third-order valence-electron chi connectivity index (χ3n) is 4.11. The van der Waals surface area contributed by atoms with E-state index in [0.717, 1.165) is 38.4 Å². The van der Waals surface area contributed by atoms with Crippen LogP contribution in [0.5, 0.6) is 0 Å². The Morgan fingerprint density at radius 2 is 2.00 bits per heavy atom. The van der Waals surface area contributed by atoms with Gasteiger partial charge in [0, 0.05) is 45.1 Å². The summed E-state index contributed by atoms with van der Waals surface area (Å²) in [5.41, 5.74) is 5.56. The first kappa shape index (κ1) is 15.9. The second-order valence-electron chi connectivity index (χ2n) is 5.58. The van der Waals surface area contributed by atoms with Gasteiger partial charge in [-0.3, -0.25) is 9.69 Å². The molecule has 7 nitrogen and oxygen atoms in total. The van der Waals surface area contributed by atoms with Crippen LogP contribution in [0.2, 0.25) is 0 Å². The van der Waals surface area contributed by atoms with Gasteiger partial charge in [0.15, 0.2) is 5.82 Å². The van der Waals surface area contributed by atoms with Crippen LogP contribution >= 0.6 is 0 Å². The van der Waals surface area contributed by atoms with E-state index in [-0.39, 0.29) is 17.9 Å². The lowest BCUT2D eigenvalue weighted by atomic mass is 10.1. The maximum Gasteiger partial charge on any atom is 0.243 e. The lowest BCUT2D eigenvalue weighted by Gasteiger charge is -2.37. The number of piperazine rings is 1. The zero-order chi connectivity index (χ0) is 15.4. The zero-order valence-electron chi connectivity index (χ0n) is 13.1. The largest absolute Gasteiger partial charge is 0.340 e. The minimum absolute atomic E-state index is 0.0852. The van der Waals surface area contributed by atoms with Gasteiger partial charge in [0.25, 0.3) is 0 Å². The Balaban J connectivity index is 1.90. The van der Waals surface area contributed by atoms with Gasteiger partial charge in [-0.2, -0.15) is 4.98 Å². The van der Waals surface area contributed by atoms with Crippen LogP contribution in [0.25, 0.3) is 0 Å². The van der Waals surface area contributed by atoms with Crippen LogP contribution in [-0.4, -0.2) is 58.6 Å². The molecule has 118 valence electrons. The van der Waals surface area contributed by atoms with Crippen molar-refractivity contribution >= 4 is 5.91 Å². The van der Waals surface area contributed by atoms with E-state index in [1.165, 1.54) is 0 Å². The number of nitrogens with zero attached hydrogens (tertiary/aromatic N) is 4. The van der Waals surface area contributed by atoms with Crippen molar-refractivity contribution in [2.45, 2.75) is 33.2 Å². The lowest BCUT2D eigenvalue weighted by molar-refractivity contribution is -0.136. The first-order valence-electron chi connectivity index (χ1n) is 7.62. The van der Waals surface area contributed by atoms with Crippen LogP contribution in [0.1, 0.15) is 38.5 Å². The molecule has 2 atom stereocenters. The molecule has 0 spiro atoms. The molecule has 1 aromatic rings. The molecule has 1 aliphatic heterocycles. The molecule has 2 unspecified atom stereocenters. The maximum absolute atomic E-state index is 12.1. The molecule has 1 saturated heterocycles. The standard InChI is InChI=1S/C14H25N5O2/c1-4-12-16-13(21-17-12)11(3)18-5-7-19(8-6-18)14(20)10(2)9-15/h10-11H,4-9,15H2,1-3H3. The molecule has 0 saturated carbocycles. The summed E-state index contributed by atoms with van der Waals surface area (Å²) in [5, 5.41) is 3.94. The molecule has 0 bridgehead atoms. The fourth-order valence-corrected chi connectivity index (χ4v) is 2.48. The molecule has 1 aromatic heterocycles. The van der Waals surface area contributed by atoms with Crippen LogP contribution in [0.4, 0.5) is 0 Å².